The van der Waals surface area contributed by atoms with Gasteiger partial charge in [0.1, 0.15) is 0 Å². The lowest BCUT2D eigenvalue weighted by molar-refractivity contribution is 1.85. The van der Waals surface area contributed by atoms with Gasteiger partial charge in [-0.3, -0.25) is 0 Å². The second kappa shape index (κ2) is 3.06. The third-order valence-electron chi connectivity index (χ3n) is 3.04. The lowest BCUT2D eigenvalue weighted by Gasteiger charge is -2.02. The second-order valence-electron chi connectivity index (χ2n) is 3.87. The van der Waals surface area contributed by atoms with Crippen molar-refractivity contribution in [2.45, 2.75) is 0 Å². The monoisotopic (exact) mass is 240 g/mol. The minimum Gasteiger partial charge on any atom is -0.143 e. The second-order valence-corrected chi connectivity index (χ2v) is 5.70. The maximum atomic E-state index is 2.24. The zero-order chi connectivity index (χ0) is 10.5. The van der Waals surface area contributed by atoms with Gasteiger partial charge in [0, 0.05) is 25.6 Å². The summed E-state index contributed by atoms with van der Waals surface area (Å²) < 4.78 is 2.85. The minimum atomic E-state index is 1.38. The van der Waals surface area contributed by atoms with Gasteiger partial charge in [0.2, 0.25) is 0 Å². The first-order valence-electron chi connectivity index (χ1n) is 5.20. The Hall–Kier alpha value is -1.38. The molecule has 0 amide bonds. The predicted octanol–water partition coefficient (Wildman–Crippen LogP) is 5.27. The van der Waals surface area contributed by atoms with Crippen LogP contribution in [-0.2, 0) is 0 Å². The van der Waals surface area contributed by atoms with E-state index in [4.69, 9.17) is 0 Å². The van der Waals surface area contributed by atoms with Crippen molar-refractivity contribution < 1.29 is 0 Å². The molecule has 0 saturated heterocycles. The summed E-state index contributed by atoms with van der Waals surface area (Å²) in [5.74, 6) is 0. The molecule has 2 heterocycles. The summed E-state index contributed by atoms with van der Waals surface area (Å²) in [4.78, 5) is 0. The Morgan fingerprint density at radius 3 is 1.88 bits per heavy atom. The molecule has 2 aromatic heterocycles. The summed E-state index contributed by atoms with van der Waals surface area (Å²) in [6, 6.07) is 13.2. The molecule has 2 aromatic carbocycles. The van der Waals surface area contributed by atoms with E-state index in [1.54, 1.807) is 0 Å². The molecule has 0 saturated carbocycles. The van der Waals surface area contributed by atoms with E-state index in [1.165, 1.54) is 30.9 Å². The van der Waals surface area contributed by atoms with E-state index in [2.05, 4.69) is 47.2 Å². The molecule has 0 fully saturated rings. The van der Waals surface area contributed by atoms with Crippen LogP contribution in [0.3, 0.4) is 0 Å². The van der Waals surface area contributed by atoms with Gasteiger partial charge < -0.3 is 0 Å². The summed E-state index contributed by atoms with van der Waals surface area (Å²) in [6.45, 7) is 0. The maximum Gasteiger partial charge on any atom is 0.0436 e. The van der Waals surface area contributed by atoms with Crippen LogP contribution in [0.4, 0.5) is 0 Å². The standard InChI is InChI=1S/C14H8S2/c1-2-4-10-9(3-1)11-5-7-15-14(11)12-6-8-16-13(10)12/h1-8H. The highest BCUT2D eigenvalue weighted by Crippen LogP contribution is 2.39. The molecule has 0 spiro atoms. The van der Waals surface area contributed by atoms with Gasteiger partial charge in [-0.25, -0.2) is 0 Å². The van der Waals surface area contributed by atoms with E-state index >= 15 is 0 Å². The normalized spacial score (nSPS) is 11.8. The number of hydrogen-bond acceptors (Lipinski definition) is 2. The Morgan fingerprint density at radius 2 is 1.12 bits per heavy atom. The van der Waals surface area contributed by atoms with E-state index < -0.39 is 0 Å². The molecule has 0 nitrogen and oxygen atoms in total. The lowest BCUT2D eigenvalue weighted by atomic mass is 10.0. The summed E-state index contributed by atoms with van der Waals surface area (Å²) in [5.41, 5.74) is 0. The van der Waals surface area contributed by atoms with E-state index in [0.29, 0.717) is 0 Å². The SMILES string of the molecule is c1ccc2c(c1)c1ccsc1c1ccsc21. The molecular formula is C14H8S2. The van der Waals surface area contributed by atoms with Gasteiger partial charge in [-0.2, -0.15) is 0 Å². The number of hydrogen-bond donors (Lipinski definition) is 0. The molecule has 2 heteroatoms. The molecule has 0 aliphatic rings. The first-order valence-corrected chi connectivity index (χ1v) is 6.96. The molecular weight excluding hydrogens is 232 g/mol. The van der Waals surface area contributed by atoms with Gasteiger partial charge >= 0.3 is 0 Å². The van der Waals surface area contributed by atoms with Gasteiger partial charge in [-0.1, -0.05) is 24.3 Å². The van der Waals surface area contributed by atoms with Crippen LogP contribution >= 0.6 is 22.7 Å². The van der Waals surface area contributed by atoms with Crippen LogP contribution < -0.4 is 0 Å². The zero-order valence-electron chi connectivity index (χ0n) is 8.44. The number of rotatable bonds is 0. The first-order chi connectivity index (χ1) is 7.95. The first kappa shape index (κ1) is 8.74. The van der Waals surface area contributed by atoms with Crippen LogP contribution in [0, 0.1) is 0 Å². The number of fused-ring (bicyclic) bond motifs is 6. The van der Waals surface area contributed by atoms with Gasteiger partial charge in [-0.15, -0.1) is 22.7 Å². The third-order valence-corrected chi connectivity index (χ3v) is 4.93. The number of benzene rings is 2. The van der Waals surface area contributed by atoms with Gasteiger partial charge in [0.05, 0.1) is 0 Å². The summed E-state index contributed by atoms with van der Waals surface area (Å²) in [7, 11) is 0. The summed E-state index contributed by atoms with van der Waals surface area (Å²) in [6.07, 6.45) is 0. The van der Waals surface area contributed by atoms with Crippen LogP contribution in [-0.4, -0.2) is 0 Å². The number of thiophene rings is 2. The quantitative estimate of drug-likeness (QED) is 0.393. The topological polar surface area (TPSA) is 0 Å². The molecule has 4 rings (SSSR count). The Morgan fingerprint density at radius 1 is 0.562 bits per heavy atom. The Bertz CT molecular complexity index is 736. The van der Waals surface area contributed by atoms with E-state index in [0.717, 1.165) is 0 Å². The zero-order valence-corrected chi connectivity index (χ0v) is 10.1. The average molecular weight is 240 g/mol. The van der Waals surface area contributed by atoms with Crippen molar-refractivity contribution in [1.82, 2.24) is 0 Å². The highest BCUT2D eigenvalue weighted by Gasteiger charge is 2.09. The molecule has 16 heavy (non-hydrogen) atoms. The fourth-order valence-corrected chi connectivity index (χ4v) is 4.29. The Balaban J connectivity index is 2.51. The molecule has 0 aliphatic heterocycles. The largest absolute Gasteiger partial charge is 0.143 e. The van der Waals surface area contributed by atoms with Gasteiger partial charge in [-0.05, 0) is 28.3 Å². The molecule has 76 valence electrons. The maximum absolute atomic E-state index is 2.24. The van der Waals surface area contributed by atoms with E-state index in [1.807, 2.05) is 22.7 Å². The third kappa shape index (κ3) is 0.984. The van der Waals surface area contributed by atoms with Crippen LogP contribution in [0.5, 0.6) is 0 Å². The van der Waals surface area contributed by atoms with Crippen molar-refractivity contribution >= 4 is 53.6 Å². The van der Waals surface area contributed by atoms with Crippen molar-refractivity contribution in [1.29, 1.82) is 0 Å². The highest BCUT2D eigenvalue weighted by atomic mass is 32.1. The Kier molecular flexibility index (Phi) is 1.67. The molecule has 4 aromatic rings. The van der Waals surface area contributed by atoms with E-state index in [-0.39, 0.29) is 0 Å². The van der Waals surface area contributed by atoms with E-state index in [9.17, 15) is 0 Å². The summed E-state index contributed by atoms with van der Waals surface area (Å²) in [5, 5.41) is 9.96. The highest BCUT2D eigenvalue weighted by molar-refractivity contribution is 7.22. The van der Waals surface area contributed by atoms with Crippen LogP contribution in [0.25, 0.3) is 30.9 Å². The van der Waals surface area contributed by atoms with Crippen molar-refractivity contribution in [3.05, 3.63) is 47.2 Å². The summed E-state index contributed by atoms with van der Waals surface area (Å²) >= 11 is 3.68. The van der Waals surface area contributed by atoms with Crippen molar-refractivity contribution in [3.63, 3.8) is 0 Å². The van der Waals surface area contributed by atoms with Gasteiger partial charge in [0.15, 0.2) is 0 Å². The van der Waals surface area contributed by atoms with Gasteiger partial charge in [0.25, 0.3) is 0 Å². The Labute approximate surface area is 101 Å². The molecule has 0 radical (unpaired) electrons. The predicted molar refractivity (Wildman–Crippen MR) is 74.7 cm³/mol. The van der Waals surface area contributed by atoms with Crippen molar-refractivity contribution in [2.24, 2.45) is 0 Å². The van der Waals surface area contributed by atoms with Crippen LogP contribution in [0.15, 0.2) is 47.2 Å². The van der Waals surface area contributed by atoms with Crippen molar-refractivity contribution in [3.8, 4) is 0 Å². The fourth-order valence-electron chi connectivity index (χ4n) is 2.34. The van der Waals surface area contributed by atoms with Crippen LogP contribution in [0.1, 0.15) is 0 Å². The lowest BCUT2D eigenvalue weighted by Crippen LogP contribution is -1.73. The fraction of sp³-hybridized carbons (Fsp3) is 0. The van der Waals surface area contributed by atoms with Crippen molar-refractivity contribution in [2.75, 3.05) is 0 Å². The minimum absolute atomic E-state index is 1.38. The molecule has 0 aliphatic carbocycles. The van der Waals surface area contributed by atoms with Crippen LogP contribution in [0.2, 0.25) is 0 Å². The molecule has 0 unspecified atom stereocenters. The molecule has 0 bridgehead atoms. The molecule has 0 atom stereocenters. The average Bonchev–Trinajstić information content (AvgIpc) is 2.98. The smallest absolute Gasteiger partial charge is 0.0436 e. The molecule has 0 N–H and O–H groups in total.